The number of rotatable bonds is 5. The Morgan fingerprint density at radius 2 is 2.15 bits per heavy atom. The molecule has 0 aliphatic carbocycles. The van der Waals surface area contributed by atoms with Crippen LogP contribution >= 0.6 is 15.9 Å². The van der Waals surface area contributed by atoms with Crippen molar-refractivity contribution in [3.05, 3.63) is 28.9 Å². The molecule has 108 valence electrons. The smallest absolute Gasteiger partial charge is 0.255 e. The van der Waals surface area contributed by atoms with Gasteiger partial charge < -0.3 is 15.7 Å². The van der Waals surface area contributed by atoms with Gasteiger partial charge in [0.15, 0.2) is 0 Å². The first-order valence-corrected chi connectivity index (χ1v) is 6.80. The molecule has 7 heteroatoms. The van der Waals surface area contributed by atoms with Crippen LogP contribution < -0.4 is 10.6 Å². The second-order valence-corrected chi connectivity index (χ2v) is 5.20. The van der Waals surface area contributed by atoms with Crippen molar-refractivity contribution in [1.82, 2.24) is 4.98 Å². The van der Waals surface area contributed by atoms with Crippen LogP contribution in [0.25, 0.3) is 10.9 Å². The number of alkyl halides is 2. The van der Waals surface area contributed by atoms with Gasteiger partial charge in [-0.05, 0) is 34.1 Å². The van der Waals surface area contributed by atoms with Crippen LogP contribution in [0.15, 0.2) is 28.9 Å². The van der Waals surface area contributed by atoms with Gasteiger partial charge in [0.2, 0.25) is 0 Å². The van der Waals surface area contributed by atoms with Crippen molar-refractivity contribution < 1.29 is 13.9 Å². The Bertz CT molecular complexity index is 609. The SMILES string of the molecule is Nc1ccc(N(CCO)CC(F)F)c2ncc(Br)cc12. The van der Waals surface area contributed by atoms with Crippen molar-refractivity contribution in [1.29, 1.82) is 0 Å². The van der Waals surface area contributed by atoms with Crippen LogP contribution in [0.2, 0.25) is 0 Å². The number of hydrogen-bond acceptors (Lipinski definition) is 4. The summed E-state index contributed by atoms with van der Waals surface area (Å²) in [6.45, 7) is -0.562. The highest BCUT2D eigenvalue weighted by molar-refractivity contribution is 9.10. The molecule has 0 spiro atoms. The van der Waals surface area contributed by atoms with E-state index in [9.17, 15) is 8.78 Å². The molecule has 20 heavy (non-hydrogen) atoms. The van der Waals surface area contributed by atoms with E-state index in [0.717, 1.165) is 4.47 Å². The molecule has 0 saturated heterocycles. The van der Waals surface area contributed by atoms with E-state index in [1.54, 1.807) is 24.4 Å². The maximum atomic E-state index is 12.7. The van der Waals surface area contributed by atoms with E-state index in [1.807, 2.05) is 0 Å². The van der Waals surface area contributed by atoms with E-state index < -0.39 is 13.0 Å². The highest BCUT2D eigenvalue weighted by atomic mass is 79.9. The third kappa shape index (κ3) is 3.16. The fraction of sp³-hybridized carbons (Fsp3) is 0.308. The Balaban J connectivity index is 2.54. The molecule has 0 amide bonds. The normalized spacial score (nSPS) is 11.2. The molecule has 0 saturated carbocycles. The standard InChI is InChI=1S/C13H14BrF2N3O/c14-8-5-9-10(17)1-2-11(13(9)18-6-8)19(3-4-20)7-12(15)16/h1-2,5-6,12,20H,3-4,7,17H2. The number of fused-ring (bicyclic) bond motifs is 1. The molecule has 1 aromatic carbocycles. The average molecular weight is 346 g/mol. The highest BCUT2D eigenvalue weighted by Gasteiger charge is 2.16. The Morgan fingerprint density at radius 3 is 2.80 bits per heavy atom. The summed E-state index contributed by atoms with van der Waals surface area (Å²) in [5.74, 6) is 0. The highest BCUT2D eigenvalue weighted by Crippen LogP contribution is 2.31. The second kappa shape index (κ2) is 6.32. The molecule has 0 aliphatic heterocycles. The van der Waals surface area contributed by atoms with Gasteiger partial charge in [0, 0.05) is 28.3 Å². The fourth-order valence-electron chi connectivity index (χ4n) is 2.05. The molecule has 1 heterocycles. The van der Waals surface area contributed by atoms with Crippen LogP contribution in [0.5, 0.6) is 0 Å². The Kier molecular flexibility index (Phi) is 4.72. The van der Waals surface area contributed by atoms with Gasteiger partial charge in [0.25, 0.3) is 6.43 Å². The Morgan fingerprint density at radius 1 is 1.40 bits per heavy atom. The van der Waals surface area contributed by atoms with E-state index in [1.165, 1.54) is 4.90 Å². The Labute approximate surface area is 123 Å². The fourth-order valence-corrected chi connectivity index (χ4v) is 2.38. The first kappa shape index (κ1) is 14.9. The van der Waals surface area contributed by atoms with Gasteiger partial charge in [-0.2, -0.15) is 0 Å². The predicted molar refractivity (Wildman–Crippen MR) is 79.2 cm³/mol. The van der Waals surface area contributed by atoms with Crippen LogP contribution in [0.3, 0.4) is 0 Å². The Hall–Kier alpha value is -1.47. The second-order valence-electron chi connectivity index (χ2n) is 4.28. The zero-order chi connectivity index (χ0) is 14.7. The first-order valence-electron chi connectivity index (χ1n) is 6.00. The maximum Gasteiger partial charge on any atom is 0.255 e. The average Bonchev–Trinajstić information content (AvgIpc) is 2.39. The number of nitrogens with zero attached hydrogens (tertiary/aromatic N) is 2. The van der Waals surface area contributed by atoms with Gasteiger partial charge in [0.1, 0.15) is 0 Å². The largest absolute Gasteiger partial charge is 0.398 e. The summed E-state index contributed by atoms with van der Waals surface area (Å²) >= 11 is 3.31. The number of nitrogens with two attached hydrogens (primary N) is 1. The monoisotopic (exact) mass is 345 g/mol. The molecule has 0 fully saturated rings. The lowest BCUT2D eigenvalue weighted by atomic mass is 10.1. The third-order valence-corrected chi connectivity index (χ3v) is 3.33. The summed E-state index contributed by atoms with van der Waals surface area (Å²) in [5, 5.41) is 9.73. The molecule has 0 aliphatic rings. The van der Waals surface area contributed by atoms with Gasteiger partial charge in [-0.15, -0.1) is 0 Å². The molecule has 0 bridgehead atoms. The van der Waals surface area contributed by atoms with Gasteiger partial charge in [0.05, 0.1) is 24.4 Å². The van der Waals surface area contributed by atoms with Crippen LogP contribution in [0.4, 0.5) is 20.2 Å². The zero-order valence-corrected chi connectivity index (χ0v) is 12.1. The number of benzene rings is 1. The van der Waals surface area contributed by atoms with Crippen LogP contribution in [0, 0.1) is 0 Å². The molecule has 4 nitrogen and oxygen atoms in total. The van der Waals surface area contributed by atoms with E-state index in [4.69, 9.17) is 10.8 Å². The summed E-state index contributed by atoms with van der Waals surface area (Å²) in [6, 6.07) is 5.10. The maximum absolute atomic E-state index is 12.7. The molecule has 1 aromatic heterocycles. The van der Waals surface area contributed by atoms with E-state index in [2.05, 4.69) is 20.9 Å². The lowest BCUT2D eigenvalue weighted by Crippen LogP contribution is -2.31. The van der Waals surface area contributed by atoms with Crippen LogP contribution in [-0.2, 0) is 0 Å². The number of pyridine rings is 1. The molecule has 0 radical (unpaired) electrons. The number of aromatic nitrogens is 1. The predicted octanol–water partition coefficient (Wildman–Crippen LogP) is 2.64. The lowest BCUT2D eigenvalue weighted by Gasteiger charge is -2.24. The molecule has 0 atom stereocenters. The number of hydrogen-bond donors (Lipinski definition) is 2. The minimum Gasteiger partial charge on any atom is -0.398 e. The molecular formula is C13H14BrF2N3O. The minimum absolute atomic E-state index is 0.112. The van der Waals surface area contributed by atoms with Crippen molar-refractivity contribution >= 4 is 38.2 Å². The molecule has 0 unspecified atom stereocenters. The number of nitrogen functional groups attached to an aromatic ring is 1. The first-order chi connectivity index (χ1) is 9.52. The van der Waals surface area contributed by atoms with Gasteiger partial charge >= 0.3 is 0 Å². The zero-order valence-electron chi connectivity index (χ0n) is 10.6. The van der Waals surface area contributed by atoms with Gasteiger partial charge in [-0.1, -0.05) is 0 Å². The van der Waals surface area contributed by atoms with E-state index >= 15 is 0 Å². The summed E-state index contributed by atoms with van der Waals surface area (Å²) in [5.41, 5.74) is 7.50. The number of aliphatic hydroxyl groups is 1. The summed E-state index contributed by atoms with van der Waals surface area (Å²) in [7, 11) is 0. The number of halogens is 3. The van der Waals surface area contributed by atoms with Crippen molar-refractivity contribution in [2.45, 2.75) is 6.43 Å². The summed E-state index contributed by atoms with van der Waals surface area (Å²) in [6.07, 6.45) is -0.908. The van der Waals surface area contributed by atoms with Crippen LogP contribution in [-0.4, -0.2) is 36.2 Å². The summed E-state index contributed by atoms with van der Waals surface area (Å²) in [4.78, 5) is 5.67. The number of aliphatic hydroxyl groups excluding tert-OH is 1. The van der Waals surface area contributed by atoms with Crippen LogP contribution in [0.1, 0.15) is 0 Å². The van der Waals surface area contributed by atoms with Crippen molar-refractivity contribution in [2.75, 3.05) is 30.3 Å². The quantitative estimate of drug-likeness (QED) is 0.817. The third-order valence-electron chi connectivity index (χ3n) is 2.90. The minimum atomic E-state index is -2.50. The van der Waals surface area contributed by atoms with Gasteiger partial charge in [-0.25, -0.2) is 8.78 Å². The van der Waals surface area contributed by atoms with E-state index in [0.29, 0.717) is 22.3 Å². The van der Waals surface area contributed by atoms with Gasteiger partial charge in [-0.3, -0.25) is 4.98 Å². The molecular weight excluding hydrogens is 332 g/mol. The van der Waals surface area contributed by atoms with Crippen molar-refractivity contribution in [3.63, 3.8) is 0 Å². The van der Waals surface area contributed by atoms with E-state index in [-0.39, 0.29) is 13.2 Å². The number of anilines is 2. The van der Waals surface area contributed by atoms with Crippen molar-refractivity contribution in [2.24, 2.45) is 0 Å². The summed E-state index contributed by atoms with van der Waals surface area (Å²) < 4.78 is 26.1. The lowest BCUT2D eigenvalue weighted by molar-refractivity contribution is 0.153. The van der Waals surface area contributed by atoms with Crippen molar-refractivity contribution in [3.8, 4) is 0 Å². The molecule has 2 rings (SSSR count). The molecule has 3 N–H and O–H groups in total. The molecule has 2 aromatic rings. The topological polar surface area (TPSA) is 62.4 Å².